The van der Waals surface area contributed by atoms with Gasteiger partial charge < -0.3 is 14.5 Å². The largest absolute Gasteiger partial charge is 0.493 e. The zero-order valence-corrected chi connectivity index (χ0v) is 11.6. The van der Waals surface area contributed by atoms with Crippen LogP contribution in [0.25, 0.3) is 10.9 Å². The maximum atomic E-state index is 12.3. The normalized spacial score (nSPS) is 10.5. The summed E-state index contributed by atoms with van der Waals surface area (Å²) in [5.74, 6) is 1.11. The van der Waals surface area contributed by atoms with Crippen LogP contribution in [0.5, 0.6) is 11.5 Å². The van der Waals surface area contributed by atoms with E-state index in [0.29, 0.717) is 17.1 Å². The second-order valence-electron chi connectivity index (χ2n) is 4.61. The van der Waals surface area contributed by atoms with Crippen LogP contribution in [0.15, 0.2) is 54.7 Å². The lowest BCUT2D eigenvalue weighted by molar-refractivity contribution is 0.0921. The van der Waals surface area contributed by atoms with Crippen LogP contribution in [0.2, 0.25) is 0 Å². The van der Waals surface area contributed by atoms with Crippen molar-refractivity contribution in [1.82, 2.24) is 4.98 Å². The zero-order chi connectivity index (χ0) is 14.7. The molecule has 4 nitrogen and oxygen atoms in total. The molecule has 0 amide bonds. The molecular formula is C17H15NO3. The number of ketones is 1. The van der Waals surface area contributed by atoms with E-state index in [4.69, 9.17) is 9.47 Å². The summed E-state index contributed by atoms with van der Waals surface area (Å²) in [5.41, 5.74) is 1.58. The Morgan fingerprint density at radius 2 is 1.76 bits per heavy atom. The molecule has 1 aromatic heterocycles. The van der Waals surface area contributed by atoms with Crippen LogP contribution >= 0.6 is 0 Å². The van der Waals surface area contributed by atoms with E-state index in [2.05, 4.69) is 4.98 Å². The first-order valence-corrected chi connectivity index (χ1v) is 6.64. The summed E-state index contributed by atoms with van der Waals surface area (Å²) in [7, 11) is 1.57. The van der Waals surface area contributed by atoms with Crippen LogP contribution in [-0.4, -0.2) is 24.5 Å². The van der Waals surface area contributed by atoms with Crippen molar-refractivity contribution in [2.75, 3.05) is 13.7 Å². The highest BCUT2D eigenvalue weighted by atomic mass is 16.5. The van der Waals surface area contributed by atoms with Crippen molar-refractivity contribution in [3.63, 3.8) is 0 Å². The minimum absolute atomic E-state index is 0.0256. The van der Waals surface area contributed by atoms with Crippen LogP contribution in [-0.2, 0) is 0 Å². The molecule has 0 saturated heterocycles. The number of nitrogens with one attached hydrogen (secondary N) is 1. The van der Waals surface area contributed by atoms with E-state index in [0.717, 1.165) is 10.9 Å². The highest BCUT2D eigenvalue weighted by Gasteiger charge is 2.13. The van der Waals surface area contributed by atoms with Crippen molar-refractivity contribution >= 4 is 16.7 Å². The summed E-state index contributed by atoms with van der Waals surface area (Å²) in [6.45, 7) is -0.0256. The average molecular weight is 281 g/mol. The third-order valence-electron chi connectivity index (χ3n) is 3.32. The third kappa shape index (κ3) is 2.60. The second kappa shape index (κ2) is 5.71. The molecule has 106 valence electrons. The number of fused-ring (bicyclic) bond motifs is 1. The molecule has 0 aliphatic heterocycles. The maximum Gasteiger partial charge on any atom is 0.202 e. The van der Waals surface area contributed by atoms with Gasteiger partial charge in [0.15, 0.2) is 18.1 Å². The van der Waals surface area contributed by atoms with Crippen LogP contribution in [0.3, 0.4) is 0 Å². The molecule has 0 unspecified atom stereocenters. The lowest BCUT2D eigenvalue weighted by atomic mass is 10.1. The van der Waals surface area contributed by atoms with Gasteiger partial charge in [-0.1, -0.05) is 30.3 Å². The number of ether oxygens (including phenoxy) is 2. The van der Waals surface area contributed by atoms with Crippen LogP contribution in [0.1, 0.15) is 10.4 Å². The number of para-hydroxylation sites is 3. The third-order valence-corrected chi connectivity index (χ3v) is 3.32. The molecule has 1 heterocycles. The summed E-state index contributed by atoms with van der Waals surface area (Å²) in [4.78, 5) is 15.4. The second-order valence-corrected chi connectivity index (χ2v) is 4.61. The van der Waals surface area contributed by atoms with Gasteiger partial charge in [0.25, 0.3) is 0 Å². The number of benzene rings is 2. The molecule has 3 rings (SSSR count). The van der Waals surface area contributed by atoms with Gasteiger partial charge in [0, 0.05) is 22.7 Å². The molecular weight excluding hydrogens is 266 g/mol. The lowest BCUT2D eigenvalue weighted by Gasteiger charge is -2.09. The van der Waals surface area contributed by atoms with Gasteiger partial charge in [-0.2, -0.15) is 0 Å². The van der Waals surface area contributed by atoms with Gasteiger partial charge in [-0.05, 0) is 18.2 Å². The fourth-order valence-electron chi connectivity index (χ4n) is 2.26. The molecule has 0 saturated carbocycles. The smallest absolute Gasteiger partial charge is 0.202 e. The van der Waals surface area contributed by atoms with E-state index in [1.165, 1.54) is 0 Å². The van der Waals surface area contributed by atoms with E-state index < -0.39 is 0 Å². The summed E-state index contributed by atoms with van der Waals surface area (Å²) in [6.07, 6.45) is 1.72. The lowest BCUT2D eigenvalue weighted by Crippen LogP contribution is -2.11. The van der Waals surface area contributed by atoms with Crippen molar-refractivity contribution in [3.05, 3.63) is 60.3 Å². The number of aromatic nitrogens is 1. The number of methoxy groups -OCH3 is 1. The van der Waals surface area contributed by atoms with Gasteiger partial charge in [-0.3, -0.25) is 4.79 Å². The van der Waals surface area contributed by atoms with Gasteiger partial charge in [0.2, 0.25) is 5.78 Å². The monoisotopic (exact) mass is 281 g/mol. The molecule has 3 aromatic rings. The van der Waals surface area contributed by atoms with E-state index in [9.17, 15) is 4.79 Å². The summed E-state index contributed by atoms with van der Waals surface area (Å²) < 4.78 is 10.8. The van der Waals surface area contributed by atoms with Crippen LogP contribution < -0.4 is 9.47 Å². The summed E-state index contributed by atoms with van der Waals surface area (Å²) >= 11 is 0. The SMILES string of the molecule is COc1ccccc1OCC(=O)c1c[nH]c2ccccc12. The molecule has 2 aromatic carbocycles. The molecule has 0 radical (unpaired) electrons. The molecule has 0 aliphatic carbocycles. The number of H-pyrrole nitrogens is 1. The highest BCUT2D eigenvalue weighted by molar-refractivity contribution is 6.08. The summed E-state index contributed by atoms with van der Waals surface area (Å²) in [6, 6.07) is 15.0. The Labute approximate surface area is 122 Å². The Balaban J connectivity index is 1.78. The first kappa shape index (κ1) is 13.2. The van der Waals surface area contributed by atoms with Crippen molar-refractivity contribution in [3.8, 4) is 11.5 Å². The molecule has 0 atom stereocenters. The van der Waals surface area contributed by atoms with Crippen LogP contribution in [0, 0.1) is 0 Å². The van der Waals surface area contributed by atoms with E-state index in [1.807, 2.05) is 36.4 Å². The molecule has 1 N–H and O–H groups in total. The Bertz CT molecular complexity index is 776. The number of hydrogen-bond donors (Lipinski definition) is 1. The Morgan fingerprint density at radius 3 is 2.57 bits per heavy atom. The van der Waals surface area contributed by atoms with Gasteiger partial charge in [0.05, 0.1) is 7.11 Å². The van der Waals surface area contributed by atoms with E-state index in [-0.39, 0.29) is 12.4 Å². The Morgan fingerprint density at radius 1 is 1.05 bits per heavy atom. The fraction of sp³-hybridized carbons (Fsp3) is 0.118. The first-order valence-electron chi connectivity index (χ1n) is 6.64. The standard InChI is InChI=1S/C17H15NO3/c1-20-16-8-4-5-9-17(16)21-11-15(19)13-10-18-14-7-3-2-6-12(13)14/h2-10,18H,11H2,1H3. The topological polar surface area (TPSA) is 51.3 Å². The minimum atomic E-state index is -0.0710. The van der Waals surface area contributed by atoms with Gasteiger partial charge in [-0.15, -0.1) is 0 Å². The number of carbonyl (C=O) groups is 1. The Hall–Kier alpha value is -2.75. The number of rotatable bonds is 5. The number of Topliss-reactive ketones (excluding diaryl/α,β-unsaturated/α-hetero) is 1. The number of hydrogen-bond acceptors (Lipinski definition) is 3. The van der Waals surface area contributed by atoms with Crippen LogP contribution in [0.4, 0.5) is 0 Å². The quantitative estimate of drug-likeness (QED) is 0.729. The first-order chi connectivity index (χ1) is 10.3. The predicted octanol–water partition coefficient (Wildman–Crippen LogP) is 3.44. The predicted molar refractivity (Wildman–Crippen MR) is 81.1 cm³/mol. The summed E-state index contributed by atoms with van der Waals surface area (Å²) in [5, 5.41) is 0.908. The van der Waals surface area contributed by atoms with Crippen molar-refractivity contribution < 1.29 is 14.3 Å². The molecule has 4 heteroatoms. The highest BCUT2D eigenvalue weighted by Crippen LogP contribution is 2.26. The van der Waals surface area contributed by atoms with E-state index >= 15 is 0 Å². The molecule has 0 bridgehead atoms. The fourth-order valence-corrected chi connectivity index (χ4v) is 2.26. The molecule has 0 spiro atoms. The molecule has 21 heavy (non-hydrogen) atoms. The van der Waals surface area contributed by atoms with Gasteiger partial charge in [0.1, 0.15) is 0 Å². The van der Waals surface area contributed by atoms with E-state index in [1.54, 1.807) is 25.4 Å². The van der Waals surface area contributed by atoms with Crippen molar-refractivity contribution in [2.24, 2.45) is 0 Å². The molecule has 0 fully saturated rings. The van der Waals surface area contributed by atoms with Crippen molar-refractivity contribution in [1.29, 1.82) is 0 Å². The van der Waals surface area contributed by atoms with Gasteiger partial charge >= 0.3 is 0 Å². The molecule has 0 aliphatic rings. The Kier molecular flexibility index (Phi) is 3.60. The number of carbonyl (C=O) groups excluding carboxylic acids is 1. The zero-order valence-electron chi connectivity index (χ0n) is 11.6. The van der Waals surface area contributed by atoms with Crippen molar-refractivity contribution in [2.45, 2.75) is 0 Å². The number of aromatic amines is 1. The minimum Gasteiger partial charge on any atom is -0.493 e. The average Bonchev–Trinajstić information content (AvgIpc) is 2.97. The van der Waals surface area contributed by atoms with Gasteiger partial charge in [-0.25, -0.2) is 0 Å². The maximum absolute atomic E-state index is 12.3.